The summed E-state index contributed by atoms with van der Waals surface area (Å²) in [7, 11) is 0. The summed E-state index contributed by atoms with van der Waals surface area (Å²) in [4.78, 5) is 0. The molecule has 7 aromatic carbocycles. The van der Waals surface area contributed by atoms with Gasteiger partial charge in [-0.05, 0) is 99.5 Å². The van der Waals surface area contributed by atoms with Crippen LogP contribution in [0.4, 0.5) is 0 Å². The zero-order valence-electron chi connectivity index (χ0n) is 33.4. The Morgan fingerprint density at radius 1 is 0.441 bits per heavy atom. The maximum absolute atomic E-state index is 5.46. The lowest BCUT2D eigenvalue weighted by molar-refractivity contribution is 0.315. The van der Waals surface area contributed by atoms with Gasteiger partial charge in [-0.2, -0.15) is 0 Å². The van der Waals surface area contributed by atoms with E-state index in [1.54, 1.807) is 0 Å². The molecule has 0 aromatic heterocycles. The topological polar surface area (TPSA) is 18.5 Å². The third-order valence-electron chi connectivity index (χ3n) is 10.7. The summed E-state index contributed by atoms with van der Waals surface area (Å²) in [6, 6.07) is 54.6. The van der Waals surface area contributed by atoms with Crippen molar-refractivity contribution in [2.45, 2.75) is 46.0 Å². The largest absolute Gasteiger partial charge is 0.477 e. The first-order valence-electron chi connectivity index (χ1n) is 19.6. The van der Waals surface area contributed by atoms with Gasteiger partial charge in [0.05, 0.1) is 10.8 Å². The monoisotopic (exact) mass is 764 g/mol. The molecule has 9 rings (SSSR count). The third kappa shape index (κ3) is 8.10. The van der Waals surface area contributed by atoms with Gasteiger partial charge in [-0.3, -0.25) is 0 Å². The van der Waals surface area contributed by atoms with Crippen molar-refractivity contribution in [2.75, 3.05) is 13.2 Å². The van der Waals surface area contributed by atoms with Crippen LogP contribution in [0.2, 0.25) is 0 Å². The first kappa shape index (κ1) is 41.3. The fraction of sp³-hybridized carbons (Fsp3) is 0.158. The van der Waals surface area contributed by atoms with E-state index in [9.17, 15) is 0 Å². The van der Waals surface area contributed by atoms with Crippen molar-refractivity contribution < 1.29 is 9.47 Å². The summed E-state index contributed by atoms with van der Waals surface area (Å²) in [6.07, 6.45) is 10.4. The molecule has 0 saturated heterocycles. The third-order valence-corrected chi connectivity index (χ3v) is 10.7. The minimum atomic E-state index is -0.348. The van der Waals surface area contributed by atoms with Crippen LogP contribution in [-0.2, 0) is 10.8 Å². The fourth-order valence-electron chi connectivity index (χ4n) is 7.91. The highest BCUT2D eigenvalue weighted by atomic mass is 16.5. The smallest absolute Gasteiger partial charge is 0.163 e. The molecule has 0 heterocycles. The van der Waals surface area contributed by atoms with Crippen LogP contribution in [0.5, 0.6) is 11.5 Å². The van der Waals surface area contributed by atoms with Crippen LogP contribution in [-0.4, -0.2) is 13.2 Å². The maximum atomic E-state index is 5.46. The second-order valence-corrected chi connectivity index (χ2v) is 14.1. The van der Waals surface area contributed by atoms with Gasteiger partial charge in [0.15, 0.2) is 11.5 Å². The molecule has 0 bridgehead atoms. The van der Waals surface area contributed by atoms with Gasteiger partial charge in [0.1, 0.15) is 13.2 Å². The summed E-state index contributed by atoms with van der Waals surface area (Å²) in [5.41, 5.74) is 11.5. The van der Waals surface area contributed by atoms with E-state index in [-0.39, 0.29) is 31.5 Å². The lowest BCUT2D eigenvalue weighted by Crippen LogP contribution is -2.18. The Labute approximate surface area is 351 Å². The van der Waals surface area contributed by atoms with E-state index in [2.05, 4.69) is 171 Å². The Balaban J connectivity index is 0.000000236. The minimum absolute atomic E-state index is 0. The second kappa shape index (κ2) is 18.3. The molecule has 0 atom stereocenters. The minimum Gasteiger partial charge on any atom is -0.477 e. The number of hydrogen-bond acceptors (Lipinski definition) is 2. The molecule has 2 heteroatoms. The van der Waals surface area contributed by atoms with Gasteiger partial charge in [0, 0.05) is 11.1 Å². The van der Waals surface area contributed by atoms with Crippen LogP contribution >= 0.6 is 0 Å². The molecule has 0 fully saturated rings. The van der Waals surface area contributed by atoms with Gasteiger partial charge in [-0.1, -0.05) is 184 Å². The molecule has 0 N–H and O–H groups in total. The molecule has 7 aromatic rings. The van der Waals surface area contributed by atoms with Gasteiger partial charge >= 0.3 is 0 Å². The highest BCUT2D eigenvalue weighted by Crippen LogP contribution is 2.49. The number of terminal acetylenes is 2. The van der Waals surface area contributed by atoms with E-state index in [1.807, 2.05) is 50.2 Å². The quantitative estimate of drug-likeness (QED) is 0.166. The summed E-state index contributed by atoms with van der Waals surface area (Å²) >= 11 is 0. The van der Waals surface area contributed by atoms with E-state index < -0.39 is 0 Å². The SMILES string of the molecule is C.C#CCOc1cc2ccccc2cc1OCC#C.CC.CC1(C#Cc2cccc(C#CC3(C)c4ccccc4-c4ccccc43)c2)c2ccccc2-c2ccccc21. The van der Waals surface area contributed by atoms with Gasteiger partial charge in [-0.15, -0.1) is 12.8 Å². The van der Waals surface area contributed by atoms with Crippen LogP contribution in [0, 0.1) is 48.4 Å². The highest BCUT2D eigenvalue weighted by molar-refractivity contribution is 5.86. The van der Waals surface area contributed by atoms with Crippen molar-refractivity contribution >= 4 is 10.8 Å². The maximum Gasteiger partial charge on any atom is 0.163 e. The highest BCUT2D eigenvalue weighted by Gasteiger charge is 2.38. The number of hydrogen-bond donors (Lipinski definition) is 0. The molecule has 0 saturated carbocycles. The van der Waals surface area contributed by atoms with Crippen LogP contribution in [0.25, 0.3) is 33.0 Å². The van der Waals surface area contributed by atoms with Crippen LogP contribution in [0.3, 0.4) is 0 Å². The fourth-order valence-corrected chi connectivity index (χ4v) is 7.91. The number of ether oxygens (including phenoxy) is 2. The van der Waals surface area contributed by atoms with E-state index in [1.165, 1.54) is 44.5 Å². The molecule has 2 aliphatic carbocycles. The predicted octanol–water partition coefficient (Wildman–Crippen LogP) is 12.9. The standard InChI is InChI=1S/C38H26.C16H12O2.C2H6.CH4/c1-37(33-18-7-3-14-29(33)30-15-4-8-19-34(30)37)24-22-27-12-11-13-28(26-27)23-25-38(2)35-20-9-5-16-31(35)32-17-6-10-21-36(32)38;1-3-9-17-15-11-13-7-5-6-8-14(13)12-16(15)18-10-4-2;1-2;/h3-21,26H,1-2H3;1-2,5-8,11-12H,9-10H2;1-2H3;1H4. The summed E-state index contributed by atoms with van der Waals surface area (Å²) in [6.45, 7) is 8.88. The Kier molecular flexibility index (Phi) is 12.8. The summed E-state index contributed by atoms with van der Waals surface area (Å²) in [5.74, 6) is 20.4. The van der Waals surface area contributed by atoms with Crippen molar-refractivity contribution in [2.24, 2.45) is 0 Å². The van der Waals surface area contributed by atoms with Crippen LogP contribution < -0.4 is 9.47 Å². The Morgan fingerprint density at radius 3 is 1.10 bits per heavy atom. The Hall–Kier alpha value is -7.36. The van der Waals surface area contributed by atoms with E-state index in [0.717, 1.165) is 21.9 Å². The average Bonchev–Trinajstić information content (AvgIpc) is 3.69. The van der Waals surface area contributed by atoms with Crippen molar-refractivity contribution in [3.05, 3.63) is 191 Å². The molecule has 0 radical (unpaired) electrons. The number of fused-ring (bicyclic) bond motifs is 7. The molecule has 288 valence electrons. The summed E-state index contributed by atoms with van der Waals surface area (Å²) in [5, 5.41) is 2.13. The van der Waals surface area contributed by atoms with Crippen molar-refractivity contribution in [1.82, 2.24) is 0 Å². The van der Waals surface area contributed by atoms with E-state index in [4.69, 9.17) is 22.3 Å². The lowest BCUT2D eigenvalue weighted by atomic mass is 9.80. The average molecular weight is 765 g/mol. The Bertz CT molecular complexity index is 2560. The van der Waals surface area contributed by atoms with Gasteiger partial charge in [-0.25, -0.2) is 0 Å². The van der Waals surface area contributed by atoms with Crippen molar-refractivity contribution in [3.8, 4) is 82.1 Å². The first-order chi connectivity index (χ1) is 28.4. The molecule has 59 heavy (non-hydrogen) atoms. The molecule has 0 amide bonds. The van der Waals surface area contributed by atoms with Crippen molar-refractivity contribution in [1.29, 1.82) is 0 Å². The van der Waals surface area contributed by atoms with Gasteiger partial charge in [0.2, 0.25) is 0 Å². The normalized spacial score (nSPS) is 12.4. The molecule has 0 unspecified atom stereocenters. The second-order valence-electron chi connectivity index (χ2n) is 14.1. The molecule has 0 spiro atoms. The number of benzene rings is 7. The van der Waals surface area contributed by atoms with Crippen LogP contribution in [0.1, 0.15) is 68.5 Å². The van der Waals surface area contributed by atoms with Gasteiger partial charge < -0.3 is 9.47 Å². The first-order valence-corrected chi connectivity index (χ1v) is 19.6. The predicted molar refractivity (Wildman–Crippen MR) is 248 cm³/mol. The zero-order chi connectivity index (χ0) is 40.5. The molecular weight excluding hydrogens is 717 g/mol. The van der Waals surface area contributed by atoms with E-state index in [0.29, 0.717) is 11.5 Å². The molecule has 2 nitrogen and oxygen atoms in total. The molecule has 0 aliphatic heterocycles. The Morgan fingerprint density at radius 2 is 0.763 bits per heavy atom. The molecule has 2 aliphatic rings. The van der Waals surface area contributed by atoms with Gasteiger partial charge in [0.25, 0.3) is 0 Å². The zero-order valence-corrected chi connectivity index (χ0v) is 33.4. The summed E-state index contributed by atoms with van der Waals surface area (Å²) < 4.78 is 10.9. The number of rotatable bonds is 4. The van der Waals surface area contributed by atoms with Crippen LogP contribution in [0.15, 0.2) is 158 Å². The van der Waals surface area contributed by atoms with E-state index >= 15 is 0 Å². The lowest BCUT2D eigenvalue weighted by Gasteiger charge is -2.20. The molecular formula is C57H48O2. The van der Waals surface area contributed by atoms with Crippen molar-refractivity contribution in [3.63, 3.8) is 0 Å².